The van der Waals surface area contributed by atoms with Crippen LogP contribution in [0.2, 0.25) is 0 Å². The maximum Gasteiger partial charge on any atom is 0.237 e. The van der Waals surface area contributed by atoms with Crippen molar-refractivity contribution in [3.05, 3.63) is 23.5 Å². The fourth-order valence-corrected chi connectivity index (χ4v) is 2.44. The van der Waals surface area contributed by atoms with Crippen LogP contribution >= 0.6 is 0 Å². The van der Waals surface area contributed by atoms with Gasteiger partial charge in [-0.15, -0.1) is 0 Å². The van der Waals surface area contributed by atoms with E-state index in [0.29, 0.717) is 5.69 Å². The molecular formula is C7H8N2O2S. The van der Waals surface area contributed by atoms with Crippen molar-refractivity contribution in [2.45, 2.75) is 12.7 Å². The van der Waals surface area contributed by atoms with Crippen molar-refractivity contribution in [1.82, 2.24) is 4.98 Å². The molecule has 0 saturated heterocycles. The zero-order valence-corrected chi connectivity index (χ0v) is 7.35. The number of rotatable bonds is 0. The Morgan fingerprint density at radius 1 is 1.58 bits per heavy atom. The molecule has 0 aromatic carbocycles. The first-order valence-corrected chi connectivity index (χ1v) is 5.18. The van der Waals surface area contributed by atoms with Gasteiger partial charge in [0.1, 0.15) is 0 Å². The highest BCUT2D eigenvalue weighted by Gasteiger charge is 2.23. The number of sulfonamides is 1. The molecule has 0 atom stereocenters. The van der Waals surface area contributed by atoms with Crippen LogP contribution in [0.5, 0.6) is 0 Å². The van der Waals surface area contributed by atoms with Crippen LogP contribution in [0.25, 0.3) is 0 Å². The van der Waals surface area contributed by atoms with Gasteiger partial charge in [0.25, 0.3) is 0 Å². The second-order valence-corrected chi connectivity index (χ2v) is 4.57. The van der Waals surface area contributed by atoms with Crippen molar-refractivity contribution in [3.63, 3.8) is 0 Å². The molecule has 0 radical (unpaired) electrons. The zero-order chi connectivity index (χ0) is 8.77. The Labute approximate surface area is 70.7 Å². The van der Waals surface area contributed by atoms with E-state index in [4.69, 9.17) is 0 Å². The minimum Gasteiger partial charge on any atom is -0.283 e. The molecule has 2 heterocycles. The summed E-state index contributed by atoms with van der Waals surface area (Å²) in [5.41, 5.74) is 2.24. The van der Waals surface area contributed by atoms with Crippen molar-refractivity contribution in [2.75, 3.05) is 4.72 Å². The van der Waals surface area contributed by atoms with Gasteiger partial charge in [0.2, 0.25) is 10.0 Å². The van der Waals surface area contributed by atoms with Crippen LogP contribution < -0.4 is 4.72 Å². The Kier molecular flexibility index (Phi) is 1.38. The van der Waals surface area contributed by atoms with Crippen LogP contribution in [0.4, 0.5) is 5.69 Å². The maximum absolute atomic E-state index is 11.1. The Morgan fingerprint density at radius 3 is 3.08 bits per heavy atom. The summed E-state index contributed by atoms with van der Waals surface area (Å²) in [4.78, 5) is 4.01. The van der Waals surface area contributed by atoms with E-state index >= 15 is 0 Å². The number of aromatic nitrogens is 1. The lowest BCUT2D eigenvalue weighted by atomic mass is 10.2. The second-order valence-electron chi connectivity index (χ2n) is 2.84. The number of hydrogen-bond donors (Lipinski definition) is 1. The molecule has 1 aliphatic rings. The summed E-state index contributed by atoms with van der Waals surface area (Å²) in [5, 5.41) is 0. The molecule has 1 aromatic rings. The summed E-state index contributed by atoms with van der Waals surface area (Å²) in [7, 11) is -3.11. The molecule has 0 fully saturated rings. The summed E-state index contributed by atoms with van der Waals surface area (Å²) in [6.45, 7) is 1.83. The first kappa shape index (κ1) is 7.54. The molecule has 0 unspecified atom stereocenters. The van der Waals surface area contributed by atoms with Gasteiger partial charge in [-0.1, -0.05) is 0 Å². The quantitative estimate of drug-likeness (QED) is 0.643. The molecule has 1 aromatic heterocycles. The minimum absolute atomic E-state index is 0.0512. The van der Waals surface area contributed by atoms with Gasteiger partial charge in [-0.05, 0) is 13.0 Å². The Balaban J connectivity index is 2.56. The van der Waals surface area contributed by atoms with Gasteiger partial charge in [0, 0.05) is 17.5 Å². The van der Waals surface area contributed by atoms with Gasteiger partial charge in [-0.2, -0.15) is 0 Å². The fourth-order valence-electron chi connectivity index (χ4n) is 1.21. The highest BCUT2D eigenvalue weighted by molar-refractivity contribution is 7.92. The van der Waals surface area contributed by atoms with E-state index in [1.54, 1.807) is 12.3 Å². The molecule has 0 spiro atoms. The van der Waals surface area contributed by atoms with E-state index in [1.807, 2.05) is 6.92 Å². The molecular weight excluding hydrogens is 176 g/mol. The molecule has 0 amide bonds. The Bertz CT molecular complexity index is 425. The highest BCUT2D eigenvalue weighted by Crippen LogP contribution is 2.26. The average molecular weight is 184 g/mol. The van der Waals surface area contributed by atoms with Gasteiger partial charge in [0.05, 0.1) is 11.4 Å². The Morgan fingerprint density at radius 2 is 2.33 bits per heavy atom. The molecule has 1 aliphatic heterocycles. The third-order valence-corrected chi connectivity index (χ3v) is 2.96. The lowest BCUT2D eigenvalue weighted by Gasteiger charge is -1.96. The van der Waals surface area contributed by atoms with Crippen molar-refractivity contribution < 1.29 is 8.42 Å². The second kappa shape index (κ2) is 2.20. The van der Waals surface area contributed by atoms with Gasteiger partial charge in [-0.25, -0.2) is 8.42 Å². The number of aryl methyl sites for hydroxylation is 1. The standard InChI is InChI=1S/C7H8N2O2S/c1-5-2-7-6(3-8-5)4-12(10,11)9-7/h2-3,9H,4H2,1H3. The van der Waals surface area contributed by atoms with Crippen LogP contribution in [-0.4, -0.2) is 13.4 Å². The summed E-state index contributed by atoms with van der Waals surface area (Å²) >= 11 is 0. The molecule has 64 valence electrons. The molecule has 0 saturated carbocycles. The maximum atomic E-state index is 11.1. The third-order valence-electron chi connectivity index (χ3n) is 1.73. The minimum atomic E-state index is -3.11. The van der Waals surface area contributed by atoms with Crippen molar-refractivity contribution in [2.24, 2.45) is 0 Å². The van der Waals surface area contributed by atoms with Crippen LogP contribution in [0.15, 0.2) is 12.3 Å². The summed E-state index contributed by atoms with van der Waals surface area (Å²) in [6, 6.07) is 1.74. The number of nitrogens with one attached hydrogen (secondary N) is 1. The number of anilines is 1. The normalized spacial score (nSPS) is 18.4. The van der Waals surface area contributed by atoms with E-state index < -0.39 is 10.0 Å². The summed E-state index contributed by atoms with van der Waals surface area (Å²) in [5.74, 6) is 0.0512. The largest absolute Gasteiger partial charge is 0.283 e. The Hall–Kier alpha value is -1.10. The third kappa shape index (κ3) is 1.16. The van der Waals surface area contributed by atoms with Crippen molar-refractivity contribution in [3.8, 4) is 0 Å². The van der Waals surface area contributed by atoms with Crippen molar-refractivity contribution >= 4 is 15.7 Å². The van der Waals surface area contributed by atoms with Gasteiger partial charge >= 0.3 is 0 Å². The van der Waals surface area contributed by atoms with Crippen molar-refractivity contribution in [1.29, 1.82) is 0 Å². The first-order chi connectivity index (χ1) is 5.57. The van der Waals surface area contributed by atoms with E-state index in [-0.39, 0.29) is 5.75 Å². The van der Waals surface area contributed by atoms with E-state index in [2.05, 4.69) is 9.71 Å². The predicted octanol–water partition coefficient (Wildman–Crippen LogP) is 0.645. The molecule has 0 aliphatic carbocycles. The lowest BCUT2D eigenvalue weighted by Crippen LogP contribution is -2.05. The van der Waals surface area contributed by atoms with E-state index in [9.17, 15) is 8.42 Å². The fraction of sp³-hybridized carbons (Fsp3) is 0.286. The highest BCUT2D eigenvalue weighted by atomic mass is 32.2. The number of nitrogens with zero attached hydrogens (tertiary/aromatic N) is 1. The average Bonchev–Trinajstić information content (AvgIpc) is 2.21. The lowest BCUT2D eigenvalue weighted by molar-refractivity contribution is 0.602. The topological polar surface area (TPSA) is 59.1 Å². The van der Waals surface area contributed by atoms with Gasteiger partial charge in [0.15, 0.2) is 0 Å². The molecule has 0 bridgehead atoms. The van der Waals surface area contributed by atoms with Gasteiger partial charge in [-0.3, -0.25) is 9.71 Å². The SMILES string of the molecule is Cc1cc2c(cn1)CS(=O)(=O)N2. The number of fused-ring (bicyclic) bond motifs is 1. The molecule has 12 heavy (non-hydrogen) atoms. The van der Waals surface area contributed by atoms with Crippen LogP contribution in [0.3, 0.4) is 0 Å². The number of hydrogen-bond acceptors (Lipinski definition) is 3. The summed E-state index contributed by atoms with van der Waals surface area (Å²) in [6.07, 6.45) is 1.60. The zero-order valence-electron chi connectivity index (χ0n) is 6.53. The van der Waals surface area contributed by atoms with E-state index in [0.717, 1.165) is 11.3 Å². The van der Waals surface area contributed by atoms with Crippen LogP contribution in [0, 0.1) is 6.92 Å². The van der Waals surface area contributed by atoms with Gasteiger partial charge < -0.3 is 0 Å². The monoisotopic (exact) mass is 184 g/mol. The molecule has 4 nitrogen and oxygen atoms in total. The van der Waals surface area contributed by atoms with Crippen LogP contribution in [-0.2, 0) is 15.8 Å². The molecule has 5 heteroatoms. The molecule has 1 N–H and O–H groups in total. The molecule has 2 rings (SSSR count). The number of pyridine rings is 1. The van der Waals surface area contributed by atoms with E-state index in [1.165, 1.54) is 0 Å². The summed E-state index contributed by atoms with van der Waals surface area (Å²) < 4.78 is 24.6. The smallest absolute Gasteiger partial charge is 0.237 e. The first-order valence-electron chi connectivity index (χ1n) is 3.53. The predicted molar refractivity (Wildman–Crippen MR) is 45.2 cm³/mol. The van der Waals surface area contributed by atoms with Crippen LogP contribution in [0.1, 0.15) is 11.3 Å².